The molecular weight excluding hydrogens is 248 g/mol. The Labute approximate surface area is 109 Å². The first-order valence-electron chi connectivity index (χ1n) is 5.50. The van der Waals surface area contributed by atoms with Gasteiger partial charge in [-0.05, 0) is 24.3 Å². The minimum Gasteiger partial charge on any atom is -0.382 e. The predicted octanol–water partition coefficient (Wildman–Crippen LogP) is 2.87. The lowest BCUT2D eigenvalue weighted by Crippen LogP contribution is -1.91. The van der Waals surface area contributed by atoms with Gasteiger partial charge in [0.05, 0.1) is 16.2 Å². The van der Waals surface area contributed by atoms with E-state index in [0.717, 1.165) is 22.2 Å². The number of halogens is 1. The number of aryl methyl sites for hydroxylation is 1. The third kappa shape index (κ3) is 1.62. The summed E-state index contributed by atoms with van der Waals surface area (Å²) >= 11 is 6.14. The summed E-state index contributed by atoms with van der Waals surface area (Å²) < 4.78 is 1.76. The number of anilines is 1. The molecule has 3 rings (SSSR count). The molecule has 0 amide bonds. The minimum atomic E-state index is 0.515. The summed E-state index contributed by atoms with van der Waals surface area (Å²) in [5.74, 6) is 0.515. The lowest BCUT2D eigenvalue weighted by Gasteiger charge is -2.03. The van der Waals surface area contributed by atoms with Crippen LogP contribution < -0.4 is 5.73 Å². The molecule has 90 valence electrons. The molecule has 0 aliphatic rings. The van der Waals surface area contributed by atoms with Crippen LogP contribution in [0.15, 0.2) is 36.5 Å². The Balaban J connectivity index is 2.26. The van der Waals surface area contributed by atoms with Gasteiger partial charge in [-0.15, -0.1) is 0 Å². The van der Waals surface area contributed by atoms with E-state index < -0.39 is 0 Å². The van der Waals surface area contributed by atoms with Gasteiger partial charge in [-0.25, -0.2) is 0 Å². The standard InChI is InChI=1S/C13H11ClN4/c1-18-11-5-4-8(7-9(11)13(15)17-18)12-10(14)3-2-6-16-12/h2-7H,1H3,(H2,15,17). The molecule has 0 spiro atoms. The predicted molar refractivity (Wildman–Crippen MR) is 73.4 cm³/mol. The normalized spacial score (nSPS) is 11.0. The average molecular weight is 259 g/mol. The summed E-state index contributed by atoms with van der Waals surface area (Å²) in [4.78, 5) is 4.29. The number of pyridine rings is 1. The summed E-state index contributed by atoms with van der Waals surface area (Å²) in [6.07, 6.45) is 1.72. The molecule has 0 aliphatic heterocycles. The van der Waals surface area contributed by atoms with E-state index in [-0.39, 0.29) is 0 Å². The van der Waals surface area contributed by atoms with Gasteiger partial charge in [0.25, 0.3) is 0 Å². The van der Waals surface area contributed by atoms with E-state index in [4.69, 9.17) is 17.3 Å². The molecular formula is C13H11ClN4. The average Bonchev–Trinajstić information content (AvgIpc) is 2.65. The first-order valence-corrected chi connectivity index (χ1v) is 5.88. The second kappa shape index (κ2) is 3.99. The fourth-order valence-electron chi connectivity index (χ4n) is 2.04. The van der Waals surface area contributed by atoms with Crippen LogP contribution >= 0.6 is 11.6 Å². The summed E-state index contributed by atoms with van der Waals surface area (Å²) in [5, 5.41) is 5.73. The maximum atomic E-state index is 6.14. The second-order valence-electron chi connectivity index (χ2n) is 4.07. The smallest absolute Gasteiger partial charge is 0.153 e. The van der Waals surface area contributed by atoms with E-state index in [0.29, 0.717) is 10.8 Å². The van der Waals surface area contributed by atoms with Crippen molar-refractivity contribution in [1.29, 1.82) is 0 Å². The molecule has 4 nitrogen and oxygen atoms in total. The van der Waals surface area contributed by atoms with Crippen LogP contribution in [0.2, 0.25) is 5.02 Å². The Morgan fingerprint density at radius 3 is 2.89 bits per heavy atom. The van der Waals surface area contributed by atoms with Gasteiger partial charge in [-0.3, -0.25) is 9.67 Å². The van der Waals surface area contributed by atoms with Gasteiger partial charge < -0.3 is 5.73 Å². The maximum Gasteiger partial charge on any atom is 0.153 e. The van der Waals surface area contributed by atoms with Crippen LogP contribution in [0.5, 0.6) is 0 Å². The number of aromatic nitrogens is 3. The van der Waals surface area contributed by atoms with Crippen LogP contribution in [0.25, 0.3) is 22.2 Å². The van der Waals surface area contributed by atoms with Gasteiger partial charge in [0.1, 0.15) is 0 Å². The summed E-state index contributed by atoms with van der Waals surface area (Å²) in [6, 6.07) is 9.53. The molecule has 0 saturated carbocycles. The molecule has 0 radical (unpaired) electrons. The first kappa shape index (κ1) is 11.0. The topological polar surface area (TPSA) is 56.7 Å². The van der Waals surface area contributed by atoms with E-state index in [2.05, 4.69) is 10.1 Å². The molecule has 0 saturated heterocycles. The van der Waals surface area contributed by atoms with Crippen molar-refractivity contribution >= 4 is 28.3 Å². The fraction of sp³-hybridized carbons (Fsp3) is 0.0769. The van der Waals surface area contributed by atoms with Crippen molar-refractivity contribution in [3.63, 3.8) is 0 Å². The van der Waals surface area contributed by atoms with Gasteiger partial charge in [0.2, 0.25) is 0 Å². The highest BCUT2D eigenvalue weighted by molar-refractivity contribution is 6.33. The van der Waals surface area contributed by atoms with Crippen molar-refractivity contribution < 1.29 is 0 Å². The summed E-state index contributed by atoms with van der Waals surface area (Å²) in [7, 11) is 1.87. The second-order valence-corrected chi connectivity index (χ2v) is 4.48. The lowest BCUT2D eigenvalue weighted by molar-refractivity contribution is 0.802. The molecule has 1 aromatic carbocycles. The van der Waals surface area contributed by atoms with Crippen molar-refractivity contribution in [2.24, 2.45) is 7.05 Å². The maximum absolute atomic E-state index is 6.14. The number of benzene rings is 1. The summed E-state index contributed by atoms with van der Waals surface area (Å²) in [6.45, 7) is 0. The van der Waals surface area contributed by atoms with Crippen LogP contribution in [0.3, 0.4) is 0 Å². The quantitative estimate of drug-likeness (QED) is 0.730. The Kier molecular flexibility index (Phi) is 2.45. The van der Waals surface area contributed by atoms with E-state index in [1.165, 1.54) is 0 Å². The third-order valence-electron chi connectivity index (χ3n) is 2.91. The van der Waals surface area contributed by atoms with Crippen molar-refractivity contribution in [2.75, 3.05) is 5.73 Å². The Hall–Kier alpha value is -2.07. The molecule has 0 unspecified atom stereocenters. The Morgan fingerprint density at radius 1 is 1.28 bits per heavy atom. The number of hydrogen-bond acceptors (Lipinski definition) is 3. The van der Waals surface area contributed by atoms with Crippen molar-refractivity contribution in [2.45, 2.75) is 0 Å². The summed E-state index contributed by atoms with van der Waals surface area (Å²) in [5.41, 5.74) is 8.56. The molecule has 2 N–H and O–H groups in total. The third-order valence-corrected chi connectivity index (χ3v) is 3.22. The Morgan fingerprint density at radius 2 is 2.11 bits per heavy atom. The van der Waals surface area contributed by atoms with E-state index in [1.807, 2.05) is 37.4 Å². The number of nitrogens with two attached hydrogens (primary N) is 1. The zero-order valence-corrected chi connectivity index (χ0v) is 10.5. The van der Waals surface area contributed by atoms with Gasteiger partial charge in [0.15, 0.2) is 5.82 Å². The van der Waals surface area contributed by atoms with Crippen LogP contribution in [-0.4, -0.2) is 14.8 Å². The molecule has 0 atom stereocenters. The highest BCUT2D eigenvalue weighted by Crippen LogP contribution is 2.29. The molecule has 2 aromatic heterocycles. The molecule has 0 fully saturated rings. The fourth-order valence-corrected chi connectivity index (χ4v) is 2.27. The van der Waals surface area contributed by atoms with Gasteiger partial charge >= 0.3 is 0 Å². The van der Waals surface area contributed by atoms with Crippen LogP contribution in [0.4, 0.5) is 5.82 Å². The first-order chi connectivity index (χ1) is 8.66. The highest BCUT2D eigenvalue weighted by Gasteiger charge is 2.09. The monoisotopic (exact) mass is 258 g/mol. The van der Waals surface area contributed by atoms with Crippen molar-refractivity contribution in [1.82, 2.24) is 14.8 Å². The molecule has 3 aromatic rings. The van der Waals surface area contributed by atoms with E-state index in [1.54, 1.807) is 10.9 Å². The van der Waals surface area contributed by atoms with Crippen LogP contribution in [0.1, 0.15) is 0 Å². The molecule has 18 heavy (non-hydrogen) atoms. The Bertz CT molecular complexity index is 733. The minimum absolute atomic E-state index is 0.515. The highest BCUT2D eigenvalue weighted by atomic mass is 35.5. The number of nitrogens with zero attached hydrogens (tertiary/aromatic N) is 3. The van der Waals surface area contributed by atoms with E-state index in [9.17, 15) is 0 Å². The number of fused-ring (bicyclic) bond motifs is 1. The number of rotatable bonds is 1. The van der Waals surface area contributed by atoms with Gasteiger partial charge in [-0.2, -0.15) is 5.10 Å². The SMILES string of the molecule is Cn1nc(N)c2cc(-c3ncccc3Cl)ccc21. The lowest BCUT2D eigenvalue weighted by atomic mass is 10.1. The molecule has 0 aliphatic carbocycles. The van der Waals surface area contributed by atoms with Crippen LogP contribution in [-0.2, 0) is 7.05 Å². The van der Waals surface area contributed by atoms with Crippen LogP contribution in [0, 0.1) is 0 Å². The van der Waals surface area contributed by atoms with Gasteiger partial charge in [0, 0.05) is 24.2 Å². The largest absolute Gasteiger partial charge is 0.382 e. The van der Waals surface area contributed by atoms with E-state index >= 15 is 0 Å². The van der Waals surface area contributed by atoms with Gasteiger partial charge in [-0.1, -0.05) is 17.7 Å². The molecule has 2 heterocycles. The molecule has 5 heteroatoms. The zero-order chi connectivity index (χ0) is 12.7. The number of hydrogen-bond donors (Lipinski definition) is 1. The zero-order valence-electron chi connectivity index (χ0n) is 9.76. The number of nitrogen functional groups attached to an aromatic ring is 1. The molecule has 0 bridgehead atoms. The van der Waals surface area contributed by atoms with Crippen molar-refractivity contribution in [3.8, 4) is 11.3 Å². The van der Waals surface area contributed by atoms with Crippen molar-refractivity contribution in [3.05, 3.63) is 41.6 Å².